The van der Waals surface area contributed by atoms with E-state index < -0.39 is 0 Å². The molecule has 0 aromatic carbocycles. The van der Waals surface area contributed by atoms with Crippen LogP contribution in [0, 0.1) is 0 Å². The fourth-order valence-corrected chi connectivity index (χ4v) is 1.25. The first-order chi connectivity index (χ1) is 6.27. The average molecular weight is 185 g/mol. The van der Waals surface area contributed by atoms with Gasteiger partial charge in [-0.25, -0.2) is 0 Å². The lowest BCUT2D eigenvalue weighted by Gasteiger charge is -2.04. The molecule has 0 spiro atoms. The summed E-state index contributed by atoms with van der Waals surface area (Å²) in [6.07, 6.45) is 0.631. The molecule has 1 aliphatic rings. The van der Waals surface area contributed by atoms with Crippen LogP contribution >= 0.6 is 0 Å². The second-order valence-electron chi connectivity index (χ2n) is 2.78. The molecule has 2 unspecified atom stereocenters. The van der Waals surface area contributed by atoms with Crippen molar-refractivity contribution in [2.45, 2.75) is 18.5 Å². The Morgan fingerprint density at radius 1 is 1.69 bits per heavy atom. The normalized spacial score (nSPS) is 26.3. The van der Waals surface area contributed by atoms with Gasteiger partial charge in [-0.05, 0) is 0 Å². The van der Waals surface area contributed by atoms with Crippen LogP contribution in [0.5, 0.6) is 0 Å². The molecule has 0 radical (unpaired) electrons. The zero-order valence-electron chi connectivity index (χ0n) is 7.73. The predicted octanol–water partition coefficient (Wildman–Crippen LogP) is -0.509. The number of rotatable bonds is 2. The van der Waals surface area contributed by atoms with E-state index in [0.29, 0.717) is 13.0 Å². The van der Waals surface area contributed by atoms with Gasteiger partial charge in [0.2, 0.25) is 4.91 Å². The highest BCUT2D eigenvalue weighted by molar-refractivity contribution is 5.76. The molecule has 1 saturated heterocycles. The predicted molar refractivity (Wildman–Crippen MR) is 45.1 cm³/mol. The van der Waals surface area contributed by atoms with E-state index in [2.05, 4.69) is 25.2 Å². The van der Waals surface area contributed by atoms with Crippen LogP contribution in [0.2, 0.25) is 0 Å². The van der Waals surface area contributed by atoms with Crippen molar-refractivity contribution in [3.05, 3.63) is 0 Å². The van der Waals surface area contributed by atoms with Crippen LogP contribution in [-0.4, -0.2) is 38.8 Å². The van der Waals surface area contributed by atoms with Gasteiger partial charge in [-0.1, -0.05) is 0 Å². The standard InChI is InChI=1S/C7H13N4O2/c1-8-11-10-5-3-6(9-4-5)7(12)13-2/h5-6,9H,3-4H2,1-2H3/q+1. The Hall–Kier alpha value is -1.26. The molecule has 72 valence electrons. The Balaban J connectivity index is 2.45. The first kappa shape index (κ1) is 9.83. The summed E-state index contributed by atoms with van der Waals surface area (Å²) in [6.45, 7) is 0.652. The summed E-state index contributed by atoms with van der Waals surface area (Å²) in [6, 6.07) is -0.210. The third-order valence-electron chi connectivity index (χ3n) is 1.90. The second-order valence-corrected chi connectivity index (χ2v) is 2.78. The maximum absolute atomic E-state index is 11.1. The molecule has 1 aliphatic heterocycles. The van der Waals surface area contributed by atoms with Gasteiger partial charge in [0.15, 0.2) is 0 Å². The van der Waals surface area contributed by atoms with Crippen LogP contribution in [-0.2, 0) is 9.53 Å². The Morgan fingerprint density at radius 2 is 2.46 bits per heavy atom. The first-order valence-corrected chi connectivity index (χ1v) is 4.08. The molecule has 0 aromatic rings. The van der Waals surface area contributed by atoms with Gasteiger partial charge < -0.3 is 10.1 Å². The van der Waals surface area contributed by atoms with Gasteiger partial charge in [0.1, 0.15) is 29.4 Å². The first-order valence-electron chi connectivity index (χ1n) is 4.08. The minimum Gasteiger partial charge on any atom is -0.468 e. The number of ether oxygens (including phenoxy) is 1. The van der Waals surface area contributed by atoms with Crippen LogP contribution in [0.1, 0.15) is 6.42 Å². The van der Waals surface area contributed by atoms with Gasteiger partial charge in [-0.3, -0.25) is 4.79 Å². The summed E-state index contributed by atoms with van der Waals surface area (Å²) in [4.78, 5) is 14.6. The molecule has 1 N–H and O–H groups in total. The minimum atomic E-state index is -0.245. The highest BCUT2D eigenvalue weighted by atomic mass is 16.5. The third kappa shape index (κ3) is 2.61. The molecule has 13 heavy (non-hydrogen) atoms. The zero-order valence-corrected chi connectivity index (χ0v) is 7.73. The molecular formula is C7H13N4O2+. The van der Waals surface area contributed by atoms with Crippen molar-refractivity contribution in [2.24, 2.45) is 10.2 Å². The fourth-order valence-electron chi connectivity index (χ4n) is 1.25. The van der Waals surface area contributed by atoms with Crippen molar-refractivity contribution in [2.75, 3.05) is 20.7 Å². The molecule has 0 aliphatic carbocycles. The molecule has 1 fully saturated rings. The quantitative estimate of drug-likeness (QED) is 0.357. The highest BCUT2D eigenvalue weighted by Crippen LogP contribution is 2.10. The van der Waals surface area contributed by atoms with Crippen molar-refractivity contribution in [3.63, 3.8) is 0 Å². The Morgan fingerprint density at radius 3 is 3.08 bits per heavy atom. The Bertz CT molecular complexity index is 239. The summed E-state index contributed by atoms with van der Waals surface area (Å²) in [7, 11) is 2.93. The van der Waals surface area contributed by atoms with Crippen molar-refractivity contribution < 1.29 is 9.53 Å². The average Bonchev–Trinajstić information content (AvgIpc) is 2.62. The summed E-state index contributed by atoms with van der Waals surface area (Å²) >= 11 is 0. The molecule has 1 heterocycles. The van der Waals surface area contributed by atoms with Crippen molar-refractivity contribution >= 4 is 5.97 Å². The van der Waals surface area contributed by atoms with E-state index >= 15 is 0 Å². The summed E-state index contributed by atoms with van der Waals surface area (Å²) in [5.74, 6) is -0.244. The molecule has 6 heteroatoms. The molecule has 6 nitrogen and oxygen atoms in total. The monoisotopic (exact) mass is 185 g/mol. The lowest BCUT2D eigenvalue weighted by molar-refractivity contribution is -0.142. The number of carbonyl (C=O) groups is 1. The van der Waals surface area contributed by atoms with Crippen molar-refractivity contribution in [1.82, 2.24) is 10.2 Å². The second kappa shape index (κ2) is 4.69. The number of hydrogen-bond donors (Lipinski definition) is 1. The lowest BCUT2D eigenvalue weighted by atomic mass is 10.2. The molecule has 0 saturated carbocycles. The number of esters is 1. The van der Waals surface area contributed by atoms with Crippen LogP contribution < -0.4 is 10.2 Å². The Labute approximate surface area is 76.1 Å². The molecule has 2 atom stereocenters. The summed E-state index contributed by atoms with van der Waals surface area (Å²) in [5, 5.41) is 10.4. The molecule has 1 rings (SSSR count). The SMILES string of the molecule is CN=[N+]=NC1CNC(C(=O)OC)C1. The molecule has 0 amide bonds. The van der Waals surface area contributed by atoms with Crippen molar-refractivity contribution in [1.29, 1.82) is 0 Å². The van der Waals surface area contributed by atoms with Crippen molar-refractivity contribution in [3.8, 4) is 0 Å². The van der Waals surface area contributed by atoms with E-state index in [-0.39, 0.29) is 18.1 Å². The Kier molecular flexibility index (Phi) is 3.54. The number of nitrogens with one attached hydrogen (secondary N) is 1. The van der Waals surface area contributed by atoms with E-state index in [1.807, 2.05) is 0 Å². The largest absolute Gasteiger partial charge is 0.468 e. The van der Waals surface area contributed by atoms with Gasteiger partial charge in [0, 0.05) is 13.0 Å². The van der Waals surface area contributed by atoms with E-state index in [1.54, 1.807) is 7.05 Å². The van der Waals surface area contributed by atoms with Gasteiger partial charge in [-0.15, -0.1) is 0 Å². The number of methoxy groups -OCH3 is 1. The van der Waals surface area contributed by atoms with E-state index in [9.17, 15) is 4.79 Å². The molecular weight excluding hydrogens is 172 g/mol. The summed E-state index contributed by atoms with van der Waals surface area (Å²) in [5.41, 5.74) is 0. The zero-order chi connectivity index (χ0) is 9.68. The maximum Gasteiger partial charge on any atom is 0.322 e. The topological polar surface area (TPSA) is 77.2 Å². The van der Waals surface area contributed by atoms with E-state index in [4.69, 9.17) is 0 Å². The highest BCUT2D eigenvalue weighted by Gasteiger charge is 2.32. The number of carbonyl (C=O) groups excluding carboxylic acids is 1. The summed E-state index contributed by atoms with van der Waals surface area (Å²) < 4.78 is 4.59. The van der Waals surface area contributed by atoms with Crippen LogP contribution in [0.25, 0.3) is 0 Å². The van der Waals surface area contributed by atoms with Gasteiger partial charge in [0.05, 0.1) is 7.11 Å². The number of nitrogens with zero attached hydrogens (tertiary/aromatic N) is 3. The maximum atomic E-state index is 11.1. The van der Waals surface area contributed by atoms with Crippen LogP contribution in [0.15, 0.2) is 10.2 Å². The molecule has 0 bridgehead atoms. The smallest absolute Gasteiger partial charge is 0.322 e. The molecule has 0 aromatic heterocycles. The minimum absolute atomic E-state index is 0.0350. The van der Waals surface area contributed by atoms with Crippen LogP contribution in [0.4, 0.5) is 0 Å². The van der Waals surface area contributed by atoms with E-state index in [0.717, 1.165) is 0 Å². The van der Waals surface area contributed by atoms with Crippen LogP contribution in [0.3, 0.4) is 0 Å². The van der Waals surface area contributed by atoms with Gasteiger partial charge >= 0.3 is 5.97 Å². The third-order valence-corrected chi connectivity index (χ3v) is 1.90. The van der Waals surface area contributed by atoms with Gasteiger partial charge in [0.25, 0.3) is 0 Å². The van der Waals surface area contributed by atoms with Gasteiger partial charge in [-0.2, -0.15) is 0 Å². The van der Waals surface area contributed by atoms with E-state index in [1.165, 1.54) is 7.11 Å². The lowest BCUT2D eigenvalue weighted by Crippen LogP contribution is -2.31. The fraction of sp³-hybridized carbons (Fsp3) is 0.857. The number of hydrogen-bond acceptors (Lipinski definition) is 5.